The summed E-state index contributed by atoms with van der Waals surface area (Å²) in [6.45, 7) is 5.61. The minimum atomic E-state index is -0.559. The van der Waals surface area contributed by atoms with Gasteiger partial charge in [0.05, 0.1) is 18.0 Å². The van der Waals surface area contributed by atoms with Crippen LogP contribution in [0.15, 0.2) is 24.3 Å². The highest BCUT2D eigenvalue weighted by Gasteiger charge is 2.18. The fraction of sp³-hybridized carbons (Fsp3) is 0.467. The number of benzene rings is 1. The molecule has 1 rings (SSSR count). The zero-order valence-electron chi connectivity index (χ0n) is 13.8. The molecule has 0 aliphatic carbocycles. The molecule has 0 saturated carbocycles. The van der Waals surface area contributed by atoms with Gasteiger partial charge in [0.15, 0.2) is 0 Å². The summed E-state index contributed by atoms with van der Waals surface area (Å²) in [4.78, 5) is 35.6. The first-order valence-electron chi connectivity index (χ1n) is 7.11. The van der Waals surface area contributed by atoms with E-state index < -0.39 is 10.8 Å². The van der Waals surface area contributed by atoms with Gasteiger partial charge in [-0.25, -0.2) is 0 Å². The second-order valence-corrected chi connectivity index (χ2v) is 6.29. The largest absolute Gasteiger partial charge is 0.350 e. The van der Waals surface area contributed by atoms with Gasteiger partial charge < -0.3 is 10.6 Å². The lowest BCUT2D eigenvalue weighted by Crippen LogP contribution is -2.46. The highest BCUT2D eigenvalue weighted by atomic mass is 16.6. The van der Waals surface area contributed by atoms with E-state index in [1.54, 1.807) is 13.1 Å². The number of nitrogens with one attached hydrogen (secondary N) is 2. The van der Waals surface area contributed by atoms with Crippen molar-refractivity contribution in [3.63, 3.8) is 0 Å². The summed E-state index contributed by atoms with van der Waals surface area (Å²) < 4.78 is 0. The molecule has 0 spiro atoms. The Kier molecular flexibility index (Phi) is 6.20. The van der Waals surface area contributed by atoms with Crippen LogP contribution in [0.3, 0.4) is 0 Å². The lowest BCUT2D eigenvalue weighted by molar-refractivity contribution is -0.383. The lowest BCUT2D eigenvalue weighted by Gasteiger charge is -2.23. The Hall–Kier alpha value is -2.48. The summed E-state index contributed by atoms with van der Waals surface area (Å²) in [5, 5.41) is 16.2. The number of nitro groups is 1. The van der Waals surface area contributed by atoms with Crippen LogP contribution in [0.25, 0.3) is 0 Å². The Morgan fingerprint density at radius 3 is 2.30 bits per heavy atom. The standard InChI is InChI=1S/C15H22N4O4/c1-15(2,3)17-14(21)10-18(4)9-13(20)16-11-7-5-6-8-12(11)19(22)23/h5-8H,9-10H2,1-4H3,(H,16,20)(H,17,21). The number of anilines is 1. The van der Waals surface area contributed by atoms with Crippen molar-refractivity contribution < 1.29 is 14.5 Å². The van der Waals surface area contributed by atoms with Crippen molar-refractivity contribution in [1.82, 2.24) is 10.2 Å². The van der Waals surface area contributed by atoms with Crippen LogP contribution in [0.1, 0.15) is 20.8 Å². The van der Waals surface area contributed by atoms with Crippen molar-refractivity contribution in [3.8, 4) is 0 Å². The summed E-state index contributed by atoms with van der Waals surface area (Å²) >= 11 is 0. The number of nitrogens with zero attached hydrogens (tertiary/aromatic N) is 2. The molecule has 23 heavy (non-hydrogen) atoms. The first-order chi connectivity index (χ1) is 10.6. The maximum absolute atomic E-state index is 12.0. The number of rotatable bonds is 6. The van der Waals surface area contributed by atoms with Crippen molar-refractivity contribution in [2.24, 2.45) is 0 Å². The van der Waals surface area contributed by atoms with Gasteiger partial charge in [0.2, 0.25) is 11.8 Å². The molecule has 0 saturated heterocycles. The third-order valence-corrected chi connectivity index (χ3v) is 2.72. The summed E-state index contributed by atoms with van der Waals surface area (Å²) in [6.07, 6.45) is 0. The molecule has 0 aliphatic heterocycles. The molecule has 0 heterocycles. The molecular weight excluding hydrogens is 300 g/mol. The van der Waals surface area contributed by atoms with E-state index in [0.717, 1.165) is 0 Å². The number of hydrogen-bond acceptors (Lipinski definition) is 5. The Bertz CT molecular complexity index is 595. The van der Waals surface area contributed by atoms with E-state index in [2.05, 4.69) is 10.6 Å². The smallest absolute Gasteiger partial charge is 0.292 e. The van der Waals surface area contributed by atoms with Gasteiger partial charge in [-0.05, 0) is 33.9 Å². The zero-order valence-corrected chi connectivity index (χ0v) is 13.8. The second kappa shape index (κ2) is 7.68. The summed E-state index contributed by atoms with van der Waals surface area (Å²) in [6, 6.07) is 5.90. The van der Waals surface area contributed by atoms with Crippen molar-refractivity contribution in [2.75, 3.05) is 25.5 Å². The van der Waals surface area contributed by atoms with E-state index in [1.807, 2.05) is 20.8 Å². The van der Waals surface area contributed by atoms with Gasteiger partial charge in [-0.2, -0.15) is 0 Å². The molecule has 0 aliphatic rings. The van der Waals surface area contributed by atoms with Crippen LogP contribution in [-0.4, -0.2) is 47.3 Å². The van der Waals surface area contributed by atoms with Gasteiger partial charge in [-0.1, -0.05) is 12.1 Å². The fourth-order valence-electron chi connectivity index (χ4n) is 1.93. The Labute approximate surface area is 135 Å². The van der Waals surface area contributed by atoms with Crippen molar-refractivity contribution in [3.05, 3.63) is 34.4 Å². The molecule has 2 N–H and O–H groups in total. The third kappa shape index (κ3) is 6.88. The summed E-state index contributed by atoms with van der Waals surface area (Å²) in [5.74, 6) is -0.621. The minimum absolute atomic E-state index is 0.0520. The topological polar surface area (TPSA) is 105 Å². The highest BCUT2D eigenvalue weighted by Crippen LogP contribution is 2.22. The number of para-hydroxylation sites is 2. The number of amides is 2. The van der Waals surface area contributed by atoms with Crippen molar-refractivity contribution in [2.45, 2.75) is 26.3 Å². The molecule has 2 amide bonds. The molecular formula is C15H22N4O4. The Morgan fingerprint density at radius 2 is 1.74 bits per heavy atom. The number of hydrogen-bond donors (Lipinski definition) is 2. The van der Waals surface area contributed by atoms with Gasteiger partial charge >= 0.3 is 0 Å². The van der Waals surface area contributed by atoms with E-state index in [9.17, 15) is 19.7 Å². The van der Waals surface area contributed by atoms with Crippen LogP contribution in [0.4, 0.5) is 11.4 Å². The molecule has 0 unspecified atom stereocenters. The lowest BCUT2D eigenvalue weighted by atomic mass is 10.1. The van der Waals surface area contributed by atoms with Crippen molar-refractivity contribution in [1.29, 1.82) is 0 Å². The van der Waals surface area contributed by atoms with Crippen LogP contribution in [0.5, 0.6) is 0 Å². The van der Waals surface area contributed by atoms with E-state index in [-0.39, 0.29) is 35.9 Å². The van der Waals surface area contributed by atoms with E-state index in [0.29, 0.717) is 0 Å². The maximum Gasteiger partial charge on any atom is 0.292 e. The minimum Gasteiger partial charge on any atom is -0.350 e. The predicted molar refractivity (Wildman–Crippen MR) is 87.1 cm³/mol. The van der Waals surface area contributed by atoms with Gasteiger partial charge in [-0.15, -0.1) is 0 Å². The quantitative estimate of drug-likeness (QED) is 0.608. The van der Waals surface area contributed by atoms with Gasteiger partial charge in [0.1, 0.15) is 5.69 Å². The number of carbonyl (C=O) groups excluding carboxylic acids is 2. The SMILES string of the molecule is CN(CC(=O)Nc1ccccc1[N+](=O)[O-])CC(=O)NC(C)(C)C. The van der Waals surface area contributed by atoms with Gasteiger partial charge in [-0.3, -0.25) is 24.6 Å². The molecule has 8 heteroatoms. The average Bonchev–Trinajstić information content (AvgIpc) is 2.35. The van der Waals surface area contributed by atoms with Crippen LogP contribution in [-0.2, 0) is 9.59 Å². The molecule has 0 radical (unpaired) electrons. The highest BCUT2D eigenvalue weighted by molar-refractivity contribution is 5.94. The van der Waals surface area contributed by atoms with Crippen LogP contribution in [0, 0.1) is 10.1 Å². The summed E-state index contributed by atoms with van der Waals surface area (Å²) in [7, 11) is 1.63. The number of nitro benzene ring substituents is 1. The zero-order chi connectivity index (χ0) is 17.6. The van der Waals surface area contributed by atoms with Crippen molar-refractivity contribution >= 4 is 23.2 Å². The third-order valence-electron chi connectivity index (χ3n) is 2.72. The molecule has 0 aromatic heterocycles. The monoisotopic (exact) mass is 322 g/mol. The first-order valence-corrected chi connectivity index (χ1v) is 7.11. The van der Waals surface area contributed by atoms with Gasteiger partial charge in [0, 0.05) is 11.6 Å². The van der Waals surface area contributed by atoms with Crippen LogP contribution >= 0.6 is 0 Å². The molecule has 0 atom stereocenters. The first kappa shape index (κ1) is 18.6. The van der Waals surface area contributed by atoms with E-state index in [1.165, 1.54) is 23.1 Å². The number of likely N-dealkylation sites (N-methyl/N-ethyl adjacent to an activating group) is 1. The molecule has 1 aromatic rings. The fourth-order valence-corrected chi connectivity index (χ4v) is 1.93. The molecule has 1 aromatic carbocycles. The predicted octanol–water partition coefficient (Wildman–Crippen LogP) is 1.38. The molecule has 0 bridgehead atoms. The number of carbonyl (C=O) groups is 2. The molecule has 126 valence electrons. The molecule has 8 nitrogen and oxygen atoms in total. The van der Waals surface area contributed by atoms with E-state index >= 15 is 0 Å². The Morgan fingerprint density at radius 1 is 1.17 bits per heavy atom. The maximum atomic E-state index is 12.0. The second-order valence-electron chi connectivity index (χ2n) is 6.29. The van der Waals surface area contributed by atoms with E-state index in [4.69, 9.17) is 0 Å². The summed E-state index contributed by atoms with van der Waals surface area (Å²) in [5.41, 5.74) is -0.380. The average molecular weight is 322 g/mol. The molecule has 0 fully saturated rings. The van der Waals surface area contributed by atoms with Crippen LogP contribution in [0.2, 0.25) is 0 Å². The van der Waals surface area contributed by atoms with Crippen LogP contribution < -0.4 is 10.6 Å². The Balaban J connectivity index is 2.57. The van der Waals surface area contributed by atoms with Gasteiger partial charge in [0.25, 0.3) is 5.69 Å². The normalized spacial score (nSPS) is 11.2.